The van der Waals surface area contributed by atoms with Crippen LogP contribution in [0.2, 0.25) is 0 Å². The number of esters is 1. The van der Waals surface area contributed by atoms with E-state index in [0.717, 1.165) is 19.3 Å². The van der Waals surface area contributed by atoms with E-state index in [1.165, 1.54) is 0 Å². The average Bonchev–Trinajstić information content (AvgIpc) is 2.09. The van der Waals surface area contributed by atoms with Gasteiger partial charge in [-0.15, -0.1) is 0 Å². The van der Waals surface area contributed by atoms with Gasteiger partial charge in [-0.25, -0.2) is 0 Å². The molecule has 0 aromatic carbocycles. The first kappa shape index (κ1) is 20.1. The second kappa shape index (κ2) is 9.68. The molecule has 0 heterocycles. The minimum absolute atomic E-state index is 0.0728. The molecule has 0 fully saturated rings. The van der Waals surface area contributed by atoms with Crippen LogP contribution in [0.1, 0.15) is 67.2 Å². The zero-order chi connectivity index (χ0) is 14.8. The molecule has 4 nitrogen and oxygen atoms in total. The Labute approximate surface area is 119 Å². The summed E-state index contributed by atoms with van der Waals surface area (Å²) in [5.41, 5.74) is 0.0229. The third kappa shape index (κ3) is 21.1. The number of rotatable bonds is 4. The molecular formula is C13H26O4Ti. The summed E-state index contributed by atoms with van der Waals surface area (Å²) in [5.74, 6) is -0.0728. The Hall–Kier alpha value is -0.216. The number of hydrogen-bond donors (Lipinski definition) is 0. The number of unbranched alkanes of at least 4 members (excludes halogenated alkanes) is 1. The monoisotopic (exact) mass is 294 g/mol. The van der Waals surface area contributed by atoms with Gasteiger partial charge in [0.2, 0.25) is 0 Å². The van der Waals surface area contributed by atoms with Crippen molar-refractivity contribution in [3.8, 4) is 0 Å². The summed E-state index contributed by atoms with van der Waals surface area (Å²) < 4.78 is 22.2. The summed E-state index contributed by atoms with van der Waals surface area (Å²) >= 11 is -2.00. The van der Waals surface area contributed by atoms with Crippen LogP contribution in [0.4, 0.5) is 0 Å². The molecule has 0 radical (unpaired) electrons. The van der Waals surface area contributed by atoms with Crippen LogP contribution in [0, 0.1) is 5.41 Å². The van der Waals surface area contributed by atoms with Crippen LogP contribution >= 0.6 is 0 Å². The maximum atomic E-state index is 11.4. The first-order chi connectivity index (χ1) is 8.02. The van der Waals surface area contributed by atoms with Gasteiger partial charge in [-0.05, 0) is 39.0 Å². The van der Waals surface area contributed by atoms with Gasteiger partial charge in [0.15, 0.2) is 0 Å². The van der Waals surface area contributed by atoms with Gasteiger partial charge in [-0.1, -0.05) is 27.2 Å². The van der Waals surface area contributed by atoms with Gasteiger partial charge < -0.3 is 4.74 Å². The minimum atomic E-state index is -2.00. The van der Waals surface area contributed by atoms with Crippen LogP contribution in [0.3, 0.4) is 0 Å². The van der Waals surface area contributed by atoms with E-state index in [0.29, 0.717) is 11.8 Å². The van der Waals surface area contributed by atoms with Gasteiger partial charge >= 0.3 is 31.7 Å². The molecule has 0 aromatic heterocycles. The van der Waals surface area contributed by atoms with Crippen molar-refractivity contribution in [3.63, 3.8) is 0 Å². The van der Waals surface area contributed by atoms with E-state index in [1.54, 1.807) is 0 Å². The Bertz CT molecular complexity index is 268. The molecule has 0 amide bonds. The molecule has 106 valence electrons. The van der Waals surface area contributed by atoms with Crippen molar-refractivity contribution in [2.45, 2.75) is 72.8 Å². The van der Waals surface area contributed by atoms with Gasteiger partial charge in [0.25, 0.3) is 0 Å². The summed E-state index contributed by atoms with van der Waals surface area (Å²) in [6.07, 6.45) is 3.75. The summed E-state index contributed by atoms with van der Waals surface area (Å²) in [6.45, 7) is 12.4. The topological polar surface area (TPSA) is 60.4 Å². The number of carbonyl (C=O) groups is 1. The molecule has 0 saturated heterocycles. The van der Waals surface area contributed by atoms with Gasteiger partial charge in [-0.3, -0.25) is 4.79 Å². The second-order valence-electron chi connectivity index (χ2n) is 6.44. The van der Waals surface area contributed by atoms with E-state index < -0.39 is 19.1 Å². The van der Waals surface area contributed by atoms with Crippen LogP contribution in [-0.4, -0.2) is 11.6 Å². The molecule has 0 N–H and O–H groups in total. The van der Waals surface area contributed by atoms with Crippen molar-refractivity contribution in [3.05, 3.63) is 0 Å². The molecule has 0 unspecified atom stereocenters. The van der Waals surface area contributed by atoms with Crippen LogP contribution < -0.4 is 0 Å². The van der Waals surface area contributed by atoms with E-state index in [9.17, 15) is 4.79 Å². The quantitative estimate of drug-likeness (QED) is 0.450. The maximum absolute atomic E-state index is 11.4. The van der Waals surface area contributed by atoms with Crippen molar-refractivity contribution >= 4 is 5.97 Å². The third-order valence-corrected chi connectivity index (χ3v) is 1.98. The summed E-state index contributed by atoms with van der Waals surface area (Å²) in [7, 11) is 0. The van der Waals surface area contributed by atoms with Crippen LogP contribution in [0.5, 0.6) is 0 Å². The fourth-order valence-corrected chi connectivity index (χ4v) is 1.32. The molecule has 5 heteroatoms. The normalized spacial score (nSPS) is 11.0. The predicted molar refractivity (Wildman–Crippen MR) is 65.1 cm³/mol. The Balaban J connectivity index is 0. The van der Waals surface area contributed by atoms with E-state index >= 15 is 0 Å². The Morgan fingerprint density at radius 2 is 1.44 bits per heavy atom. The first-order valence-electron chi connectivity index (χ1n) is 6.23. The van der Waals surface area contributed by atoms with Crippen molar-refractivity contribution in [1.82, 2.24) is 0 Å². The van der Waals surface area contributed by atoms with E-state index in [1.807, 2.05) is 20.8 Å². The van der Waals surface area contributed by atoms with Crippen LogP contribution in [0.15, 0.2) is 0 Å². The van der Waals surface area contributed by atoms with Gasteiger partial charge in [0.05, 0.1) is 0 Å². The molecular weight excluding hydrogens is 268 g/mol. The van der Waals surface area contributed by atoms with Crippen molar-refractivity contribution in [1.29, 1.82) is 0 Å². The predicted octanol–water partition coefficient (Wildman–Crippen LogP) is 3.69. The number of hydrogen-bond acceptors (Lipinski definition) is 4. The Kier molecular flexibility index (Phi) is 10.8. The molecule has 0 saturated carbocycles. The van der Waals surface area contributed by atoms with Crippen LogP contribution in [0.25, 0.3) is 0 Å². The molecule has 0 rings (SSSR count). The molecule has 0 aromatic rings. The third-order valence-electron chi connectivity index (χ3n) is 1.98. The first-order valence-corrected chi connectivity index (χ1v) is 7.50. The molecule has 0 spiro atoms. The molecule has 0 aliphatic carbocycles. The van der Waals surface area contributed by atoms with E-state index in [4.69, 9.17) is 11.4 Å². The average molecular weight is 294 g/mol. The van der Waals surface area contributed by atoms with Gasteiger partial charge in [0, 0.05) is 6.42 Å². The summed E-state index contributed by atoms with van der Waals surface area (Å²) in [6, 6.07) is 0. The van der Waals surface area contributed by atoms with Gasteiger partial charge in [0.1, 0.15) is 5.60 Å². The van der Waals surface area contributed by atoms with E-state index in [-0.39, 0.29) is 11.6 Å². The standard InChI is InChI=1S/C13H26O2.2O.Ti/c1-12(2,3)10-8-7-9-11(14)15-13(4,5)6;;;/h7-10H2,1-6H3;;;. The summed E-state index contributed by atoms with van der Waals surface area (Å²) in [4.78, 5) is 11.4. The van der Waals surface area contributed by atoms with Crippen molar-refractivity contribution in [2.75, 3.05) is 0 Å². The Morgan fingerprint density at radius 3 is 1.78 bits per heavy atom. The zero-order valence-corrected chi connectivity index (χ0v) is 14.0. The fraction of sp³-hybridized carbons (Fsp3) is 0.923. The molecule has 0 bridgehead atoms. The van der Waals surface area contributed by atoms with Crippen LogP contribution in [-0.2, 0) is 35.3 Å². The van der Waals surface area contributed by atoms with Crippen molar-refractivity contribution in [2.24, 2.45) is 5.41 Å². The Morgan fingerprint density at radius 1 is 1.00 bits per heavy atom. The number of ether oxygens (including phenoxy) is 1. The second-order valence-corrected chi connectivity index (χ2v) is 6.70. The molecule has 0 aliphatic rings. The zero-order valence-electron chi connectivity index (χ0n) is 12.5. The SMILES string of the molecule is CC(C)(C)CCCCC(=O)OC(C)(C)C.[O]=[Ti]=[O]. The molecule has 18 heavy (non-hydrogen) atoms. The fourth-order valence-electron chi connectivity index (χ4n) is 1.32. The molecule has 0 atom stereocenters. The van der Waals surface area contributed by atoms with Crippen molar-refractivity contribution < 1.29 is 35.3 Å². The number of carbonyl (C=O) groups excluding carboxylic acids is 1. The van der Waals surface area contributed by atoms with E-state index in [2.05, 4.69) is 20.8 Å². The van der Waals surface area contributed by atoms with Gasteiger partial charge in [-0.2, -0.15) is 0 Å². The summed E-state index contributed by atoms with van der Waals surface area (Å²) in [5, 5.41) is 0. The molecule has 0 aliphatic heterocycles.